The first-order chi connectivity index (χ1) is 24.3. The normalized spacial score (nSPS) is 15.1. The van der Waals surface area contributed by atoms with E-state index in [1.54, 1.807) is 0 Å². The highest BCUT2D eigenvalue weighted by Gasteiger charge is 2.42. The molecule has 240 valence electrons. The zero-order chi connectivity index (χ0) is 33.8. The van der Waals surface area contributed by atoms with Crippen LogP contribution in [0.1, 0.15) is 49.9 Å². The van der Waals surface area contributed by atoms with Gasteiger partial charge in [0.1, 0.15) is 0 Å². The molecule has 2 heteroatoms. The van der Waals surface area contributed by atoms with Gasteiger partial charge in [-0.15, -0.1) is 11.3 Å². The number of rotatable bonds is 3. The second kappa shape index (κ2) is 10.5. The number of thiophene rings is 1. The fourth-order valence-electron chi connectivity index (χ4n) is 8.74. The summed E-state index contributed by atoms with van der Waals surface area (Å²) in [4.78, 5) is 2.49. The van der Waals surface area contributed by atoms with Gasteiger partial charge in [0.2, 0.25) is 0 Å². The summed E-state index contributed by atoms with van der Waals surface area (Å²) in [7, 11) is 0. The standard InChI is InChI=1S/C48H37NS/c1-47(2)39-13-7-5-11-35(39)37-28-42-44(29-41(37)47)49(43-15-9-8-14-40(43)48(42,3)4)34-24-21-31(22-25-34)30-17-19-32(20-18-30)33-23-26-46-38(27-33)36-12-6-10-16-45(36)50-46/h5-29H,1-4H3. The van der Waals surface area contributed by atoms with Crippen molar-refractivity contribution in [3.8, 4) is 33.4 Å². The summed E-state index contributed by atoms with van der Waals surface area (Å²) in [6.45, 7) is 9.51. The predicted molar refractivity (Wildman–Crippen MR) is 215 cm³/mol. The Bertz CT molecular complexity index is 2640. The first-order valence-electron chi connectivity index (χ1n) is 17.6. The van der Waals surface area contributed by atoms with Crippen molar-refractivity contribution in [2.75, 3.05) is 4.90 Å². The maximum Gasteiger partial charge on any atom is 0.0506 e. The van der Waals surface area contributed by atoms with Crippen LogP contribution in [0.25, 0.3) is 53.6 Å². The summed E-state index contributed by atoms with van der Waals surface area (Å²) in [5.74, 6) is 0. The van der Waals surface area contributed by atoms with Crippen molar-refractivity contribution in [1.82, 2.24) is 0 Å². The van der Waals surface area contributed by atoms with Gasteiger partial charge in [0, 0.05) is 36.7 Å². The van der Waals surface area contributed by atoms with Crippen LogP contribution in [0.3, 0.4) is 0 Å². The van der Waals surface area contributed by atoms with Crippen LogP contribution in [0, 0.1) is 0 Å². The second-order valence-corrected chi connectivity index (χ2v) is 16.1. The molecule has 2 aliphatic rings. The quantitative estimate of drug-likeness (QED) is 0.182. The zero-order valence-corrected chi connectivity index (χ0v) is 29.6. The number of hydrogen-bond acceptors (Lipinski definition) is 2. The minimum Gasteiger partial charge on any atom is -0.310 e. The van der Waals surface area contributed by atoms with Crippen LogP contribution >= 0.6 is 11.3 Å². The molecule has 0 radical (unpaired) electrons. The number of para-hydroxylation sites is 1. The van der Waals surface area contributed by atoms with Crippen LogP contribution in [0.5, 0.6) is 0 Å². The molecule has 0 saturated heterocycles. The first kappa shape index (κ1) is 29.5. The van der Waals surface area contributed by atoms with Gasteiger partial charge in [0.25, 0.3) is 0 Å². The van der Waals surface area contributed by atoms with Crippen molar-refractivity contribution in [3.05, 3.63) is 174 Å². The molecule has 0 amide bonds. The first-order valence-corrected chi connectivity index (χ1v) is 18.4. The molecule has 0 spiro atoms. The van der Waals surface area contributed by atoms with Gasteiger partial charge in [-0.3, -0.25) is 0 Å². The minimum atomic E-state index is -0.137. The summed E-state index contributed by atoms with van der Waals surface area (Å²) in [6.07, 6.45) is 0. The Hall–Kier alpha value is -5.44. The van der Waals surface area contributed by atoms with E-state index in [9.17, 15) is 0 Å². The van der Waals surface area contributed by atoms with E-state index in [2.05, 4.69) is 184 Å². The molecule has 0 N–H and O–H groups in total. The van der Waals surface area contributed by atoms with Gasteiger partial charge in [0.05, 0.1) is 11.4 Å². The molecule has 0 unspecified atom stereocenters. The predicted octanol–water partition coefficient (Wildman–Crippen LogP) is 13.8. The van der Waals surface area contributed by atoms with Gasteiger partial charge >= 0.3 is 0 Å². The van der Waals surface area contributed by atoms with Crippen molar-refractivity contribution in [3.63, 3.8) is 0 Å². The lowest BCUT2D eigenvalue weighted by molar-refractivity contribution is 0.627. The van der Waals surface area contributed by atoms with E-state index >= 15 is 0 Å². The third-order valence-electron chi connectivity index (χ3n) is 11.5. The SMILES string of the molecule is CC1(C)c2ccccc2-c2cc3c(cc21)N(c1ccc(-c2ccc(-c4ccc5sc6ccccc6c5c4)cc2)cc1)c1ccccc1C3(C)C. The number of anilines is 3. The average Bonchev–Trinajstić information content (AvgIpc) is 3.63. The van der Waals surface area contributed by atoms with E-state index in [-0.39, 0.29) is 10.8 Å². The molecule has 1 nitrogen and oxygen atoms in total. The van der Waals surface area contributed by atoms with E-state index in [4.69, 9.17) is 0 Å². The largest absolute Gasteiger partial charge is 0.310 e. The van der Waals surface area contributed by atoms with E-state index < -0.39 is 0 Å². The van der Waals surface area contributed by atoms with E-state index in [0.29, 0.717) is 0 Å². The smallest absolute Gasteiger partial charge is 0.0506 e. The number of fused-ring (bicyclic) bond motifs is 8. The fourth-order valence-corrected chi connectivity index (χ4v) is 9.82. The Balaban J connectivity index is 1.03. The molecule has 1 aromatic heterocycles. The number of hydrogen-bond donors (Lipinski definition) is 0. The highest BCUT2D eigenvalue weighted by Crippen LogP contribution is 2.57. The highest BCUT2D eigenvalue weighted by atomic mass is 32.1. The van der Waals surface area contributed by atoms with Gasteiger partial charge < -0.3 is 4.90 Å². The molecule has 1 aliphatic carbocycles. The third-order valence-corrected chi connectivity index (χ3v) is 12.6. The van der Waals surface area contributed by atoms with Crippen molar-refractivity contribution in [2.45, 2.75) is 38.5 Å². The Kier molecular flexibility index (Phi) is 6.21. The molecule has 0 bridgehead atoms. The van der Waals surface area contributed by atoms with E-state index in [1.165, 1.54) is 92.9 Å². The van der Waals surface area contributed by atoms with Gasteiger partial charge in [-0.05, 0) is 104 Å². The molecule has 0 atom stereocenters. The molecule has 50 heavy (non-hydrogen) atoms. The zero-order valence-electron chi connectivity index (χ0n) is 28.8. The highest BCUT2D eigenvalue weighted by molar-refractivity contribution is 7.25. The molecule has 0 fully saturated rings. The van der Waals surface area contributed by atoms with E-state index in [1.807, 2.05) is 11.3 Å². The number of benzene rings is 7. The summed E-state index contributed by atoms with van der Waals surface area (Å²) in [5.41, 5.74) is 16.7. The van der Waals surface area contributed by atoms with Crippen LogP contribution in [0.15, 0.2) is 152 Å². The molecule has 2 heterocycles. The van der Waals surface area contributed by atoms with Gasteiger partial charge in [-0.2, -0.15) is 0 Å². The maximum atomic E-state index is 2.50. The Morgan fingerprint density at radius 1 is 0.400 bits per heavy atom. The van der Waals surface area contributed by atoms with Crippen LogP contribution < -0.4 is 4.90 Å². The van der Waals surface area contributed by atoms with Crippen molar-refractivity contribution >= 4 is 48.6 Å². The average molecular weight is 660 g/mol. The Morgan fingerprint density at radius 3 is 1.76 bits per heavy atom. The molecule has 7 aromatic carbocycles. The van der Waals surface area contributed by atoms with Gasteiger partial charge in [-0.1, -0.05) is 131 Å². The topological polar surface area (TPSA) is 3.24 Å². The van der Waals surface area contributed by atoms with Gasteiger partial charge in [0.15, 0.2) is 0 Å². The molecule has 10 rings (SSSR count). The maximum absolute atomic E-state index is 2.50. The molecule has 8 aromatic rings. The van der Waals surface area contributed by atoms with Gasteiger partial charge in [-0.25, -0.2) is 0 Å². The summed E-state index contributed by atoms with van der Waals surface area (Å²) in [6, 6.07) is 56.7. The molecular formula is C48H37NS. The monoisotopic (exact) mass is 659 g/mol. The molecular weight excluding hydrogens is 623 g/mol. The van der Waals surface area contributed by atoms with Crippen molar-refractivity contribution in [2.24, 2.45) is 0 Å². The Morgan fingerprint density at radius 2 is 0.980 bits per heavy atom. The van der Waals surface area contributed by atoms with Crippen LogP contribution in [0.2, 0.25) is 0 Å². The van der Waals surface area contributed by atoms with Crippen LogP contribution in [-0.4, -0.2) is 0 Å². The van der Waals surface area contributed by atoms with Crippen LogP contribution in [0.4, 0.5) is 17.1 Å². The second-order valence-electron chi connectivity index (χ2n) is 15.0. The van der Waals surface area contributed by atoms with E-state index in [0.717, 1.165) is 0 Å². The third kappa shape index (κ3) is 4.18. The molecule has 0 saturated carbocycles. The van der Waals surface area contributed by atoms with Crippen molar-refractivity contribution < 1.29 is 0 Å². The lowest BCUT2D eigenvalue weighted by Crippen LogP contribution is -2.31. The van der Waals surface area contributed by atoms with Crippen molar-refractivity contribution in [1.29, 1.82) is 0 Å². The lowest BCUT2D eigenvalue weighted by Gasteiger charge is -2.43. The summed E-state index contributed by atoms with van der Waals surface area (Å²) >= 11 is 1.87. The Labute approximate surface area is 298 Å². The number of nitrogens with zero attached hydrogens (tertiary/aromatic N) is 1. The summed E-state index contributed by atoms with van der Waals surface area (Å²) in [5, 5.41) is 2.68. The lowest BCUT2D eigenvalue weighted by atomic mass is 9.72. The van der Waals surface area contributed by atoms with Crippen LogP contribution in [-0.2, 0) is 10.8 Å². The minimum absolute atomic E-state index is 0.0625. The summed E-state index contributed by atoms with van der Waals surface area (Å²) < 4.78 is 2.68. The fraction of sp³-hybridized carbons (Fsp3) is 0.125. The molecule has 1 aliphatic heterocycles.